The molecule has 1 fully saturated rings. The van der Waals surface area contributed by atoms with E-state index >= 15 is 0 Å². The number of carbonyl (C=O) groups excluding carboxylic acids is 1. The Morgan fingerprint density at radius 3 is 2.80 bits per heavy atom. The molecule has 4 rings (SSSR count). The van der Waals surface area contributed by atoms with Crippen molar-refractivity contribution in [1.82, 2.24) is 4.90 Å². The average molecular weight is 339 g/mol. The molecule has 1 atom stereocenters. The van der Waals surface area contributed by atoms with E-state index in [0.717, 1.165) is 42.0 Å². The van der Waals surface area contributed by atoms with Crippen molar-refractivity contribution in [2.75, 3.05) is 13.3 Å². The molecule has 0 radical (unpaired) electrons. The number of likely N-dealkylation sites (tertiary alicyclic amines) is 1. The third-order valence-electron chi connectivity index (χ3n) is 4.68. The van der Waals surface area contributed by atoms with Crippen LogP contribution in [0.5, 0.6) is 11.5 Å². The highest BCUT2D eigenvalue weighted by atomic mass is 16.7. The first-order valence-electron chi connectivity index (χ1n) is 8.63. The number of ether oxygens (including phenoxy) is 3. The highest BCUT2D eigenvalue weighted by molar-refractivity contribution is 5.76. The van der Waals surface area contributed by atoms with Crippen molar-refractivity contribution in [3.63, 3.8) is 0 Å². The quantitative estimate of drug-likeness (QED) is 0.783. The van der Waals surface area contributed by atoms with Gasteiger partial charge in [0, 0.05) is 6.54 Å². The van der Waals surface area contributed by atoms with Gasteiger partial charge in [0.1, 0.15) is 12.6 Å². The minimum absolute atomic E-state index is 0.137. The van der Waals surface area contributed by atoms with Gasteiger partial charge in [-0.3, -0.25) is 9.69 Å². The van der Waals surface area contributed by atoms with Crippen LogP contribution < -0.4 is 9.47 Å². The first-order chi connectivity index (χ1) is 12.3. The molecule has 0 N–H and O–H groups in total. The summed E-state index contributed by atoms with van der Waals surface area (Å²) in [6.07, 6.45) is 1.85. The Morgan fingerprint density at radius 2 is 1.92 bits per heavy atom. The molecule has 130 valence electrons. The van der Waals surface area contributed by atoms with Crippen LogP contribution in [0.25, 0.3) is 0 Å². The topological polar surface area (TPSA) is 48.0 Å². The highest BCUT2D eigenvalue weighted by Crippen LogP contribution is 2.33. The van der Waals surface area contributed by atoms with E-state index in [1.807, 2.05) is 48.5 Å². The second-order valence-corrected chi connectivity index (χ2v) is 6.41. The fourth-order valence-electron chi connectivity index (χ4n) is 3.38. The lowest BCUT2D eigenvalue weighted by Gasteiger charge is -2.23. The fraction of sp³-hybridized carbons (Fsp3) is 0.350. The molecular weight excluding hydrogens is 318 g/mol. The Hall–Kier alpha value is -2.53. The largest absolute Gasteiger partial charge is 0.460 e. The zero-order valence-electron chi connectivity index (χ0n) is 14.0. The molecule has 1 saturated heterocycles. The summed E-state index contributed by atoms with van der Waals surface area (Å²) in [5.74, 6) is 1.42. The van der Waals surface area contributed by atoms with Crippen molar-refractivity contribution in [1.29, 1.82) is 0 Å². The molecule has 0 aliphatic carbocycles. The highest BCUT2D eigenvalue weighted by Gasteiger charge is 2.32. The minimum Gasteiger partial charge on any atom is -0.460 e. The predicted octanol–water partition coefficient (Wildman–Crippen LogP) is 3.12. The van der Waals surface area contributed by atoms with Crippen molar-refractivity contribution in [3.05, 3.63) is 59.7 Å². The van der Waals surface area contributed by atoms with Crippen LogP contribution in [0.15, 0.2) is 48.5 Å². The lowest BCUT2D eigenvalue weighted by atomic mass is 10.1. The number of nitrogens with zero attached hydrogens (tertiary/aromatic N) is 1. The second kappa shape index (κ2) is 7.15. The van der Waals surface area contributed by atoms with Crippen LogP contribution >= 0.6 is 0 Å². The van der Waals surface area contributed by atoms with Gasteiger partial charge in [-0.25, -0.2) is 0 Å². The summed E-state index contributed by atoms with van der Waals surface area (Å²) in [5.41, 5.74) is 2.13. The van der Waals surface area contributed by atoms with E-state index < -0.39 is 0 Å². The van der Waals surface area contributed by atoms with Crippen LogP contribution in [0.4, 0.5) is 0 Å². The molecule has 5 nitrogen and oxygen atoms in total. The van der Waals surface area contributed by atoms with E-state index in [-0.39, 0.29) is 18.8 Å². The number of esters is 1. The molecule has 0 spiro atoms. The molecule has 5 heteroatoms. The third-order valence-corrected chi connectivity index (χ3v) is 4.68. The van der Waals surface area contributed by atoms with Crippen LogP contribution in [-0.4, -0.2) is 30.2 Å². The average Bonchev–Trinajstić information content (AvgIpc) is 3.29. The third kappa shape index (κ3) is 3.61. The zero-order chi connectivity index (χ0) is 17.1. The number of fused-ring (bicyclic) bond motifs is 1. The number of rotatable bonds is 5. The van der Waals surface area contributed by atoms with Crippen molar-refractivity contribution < 1.29 is 19.0 Å². The van der Waals surface area contributed by atoms with Gasteiger partial charge in [-0.2, -0.15) is 0 Å². The first-order valence-corrected chi connectivity index (χ1v) is 8.63. The molecule has 2 aromatic carbocycles. The summed E-state index contributed by atoms with van der Waals surface area (Å²) in [7, 11) is 0. The fourth-order valence-corrected chi connectivity index (χ4v) is 3.38. The van der Waals surface area contributed by atoms with Gasteiger partial charge >= 0.3 is 5.97 Å². The van der Waals surface area contributed by atoms with Crippen molar-refractivity contribution >= 4 is 5.97 Å². The predicted molar refractivity (Wildman–Crippen MR) is 92.2 cm³/mol. The summed E-state index contributed by atoms with van der Waals surface area (Å²) in [4.78, 5) is 14.7. The van der Waals surface area contributed by atoms with E-state index in [1.54, 1.807) is 0 Å². The summed E-state index contributed by atoms with van der Waals surface area (Å²) >= 11 is 0. The SMILES string of the molecule is O=C(OCc1ccccc1)[C@@H]1CCCN1Cc1ccc2c(c1)OCO2. The Balaban J connectivity index is 1.37. The summed E-state index contributed by atoms with van der Waals surface area (Å²) < 4.78 is 16.3. The molecule has 0 bridgehead atoms. The summed E-state index contributed by atoms with van der Waals surface area (Å²) in [5, 5.41) is 0. The van der Waals surface area contributed by atoms with Gasteiger partial charge < -0.3 is 14.2 Å². The zero-order valence-corrected chi connectivity index (χ0v) is 14.0. The molecule has 0 unspecified atom stereocenters. The van der Waals surface area contributed by atoms with Gasteiger partial charge in [0.15, 0.2) is 11.5 Å². The van der Waals surface area contributed by atoms with Crippen LogP contribution in [0, 0.1) is 0 Å². The molecule has 2 aliphatic heterocycles. The molecule has 2 aromatic rings. The molecule has 2 aliphatic rings. The second-order valence-electron chi connectivity index (χ2n) is 6.41. The minimum atomic E-state index is -0.172. The van der Waals surface area contributed by atoms with E-state index in [9.17, 15) is 4.79 Å². The van der Waals surface area contributed by atoms with Crippen molar-refractivity contribution in [2.24, 2.45) is 0 Å². The lowest BCUT2D eigenvalue weighted by molar-refractivity contribution is -0.150. The van der Waals surface area contributed by atoms with Crippen LogP contribution in [0.1, 0.15) is 24.0 Å². The smallest absolute Gasteiger partial charge is 0.323 e. The van der Waals surface area contributed by atoms with Crippen LogP contribution in [0.2, 0.25) is 0 Å². The van der Waals surface area contributed by atoms with Crippen molar-refractivity contribution in [2.45, 2.75) is 32.0 Å². The molecule has 2 heterocycles. The maximum atomic E-state index is 12.5. The molecule has 0 amide bonds. The normalized spacial score (nSPS) is 19.1. The summed E-state index contributed by atoms with van der Waals surface area (Å²) in [6.45, 7) is 2.21. The number of carbonyl (C=O) groups is 1. The Morgan fingerprint density at radius 1 is 1.08 bits per heavy atom. The van der Waals surface area contributed by atoms with Crippen LogP contribution in [-0.2, 0) is 22.7 Å². The lowest BCUT2D eigenvalue weighted by Crippen LogP contribution is -2.36. The number of benzene rings is 2. The Bertz CT molecular complexity index is 747. The van der Waals surface area contributed by atoms with E-state index in [2.05, 4.69) is 4.90 Å². The maximum absolute atomic E-state index is 12.5. The number of hydrogen-bond acceptors (Lipinski definition) is 5. The van der Waals surface area contributed by atoms with Gasteiger partial charge in [0.25, 0.3) is 0 Å². The number of hydrogen-bond donors (Lipinski definition) is 0. The molecule has 25 heavy (non-hydrogen) atoms. The van der Waals surface area contributed by atoms with E-state index in [0.29, 0.717) is 13.2 Å². The maximum Gasteiger partial charge on any atom is 0.323 e. The molecular formula is C20H21NO4. The van der Waals surface area contributed by atoms with Gasteiger partial charge in [0.05, 0.1) is 0 Å². The van der Waals surface area contributed by atoms with Crippen LogP contribution in [0.3, 0.4) is 0 Å². The monoisotopic (exact) mass is 339 g/mol. The molecule has 0 aromatic heterocycles. The first kappa shape index (κ1) is 16.0. The van der Waals surface area contributed by atoms with Crippen molar-refractivity contribution in [3.8, 4) is 11.5 Å². The molecule has 0 saturated carbocycles. The van der Waals surface area contributed by atoms with Gasteiger partial charge in [-0.05, 0) is 42.6 Å². The van der Waals surface area contributed by atoms with Gasteiger partial charge in [-0.1, -0.05) is 36.4 Å². The Kier molecular flexibility index (Phi) is 4.57. The Labute approximate surface area is 147 Å². The van der Waals surface area contributed by atoms with E-state index in [4.69, 9.17) is 14.2 Å². The van der Waals surface area contributed by atoms with Gasteiger partial charge in [0.2, 0.25) is 6.79 Å². The standard InChI is InChI=1S/C20H21NO4/c22-20(23-13-15-5-2-1-3-6-15)17-7-4-10-21(17)12-16-8-9-18-19(11-16)25-14-24-18/h1-3,5-6,8-9,11,17H,4,7,10,12-14H2/t17-/m0/s1. The van der Waals surface area contributed by atoms with E-state index in [1.165, 1.54) is 0 Å². The summed E-state index contributed by atoms with van der Waals surface area (Å²) in [6, 6.07) is 15.6. The van der Waals surface area contributed by atoms with Gasteiger partial charge in [-0.15, -0.1) is 0 Å².